The lowest BCUT2D eigenvalue weighted by atomic mass is 10.0. The molecule has 63 heavy (non-hydrogen) atoms. The molecule has 0 heterocycles. The molecule has 0 radical (unpaired) electrons. The van der Waals surface area contributed by atoms with Crippen LogP contribution in [-0.2, 0) is 32.7 Å². The van der Waals surface area contributed by atoms with Crippen LogP contribution >= 0.6 is 7.82 Å². The minimum atomic E-state index is -4.37. The molecule has 0 aromatic rings. The van der Waals surface area contributed by atoms with E-state index in [1.54, 1.807) is 0 Å². The molecule has 0 fully saturated rings. The Kier molecular flexibility index (Phi) is 49.6. The van der Waals surface area contributed by atoms with Crippen LogP contribution in [-0.4, -0.2) is 49.3 Å². The van der Waals surface area contributed by atoms with Gasteiger partial charge in [-0.3, -0.25) is 18.6 Å². The first-order valence-electron chi connectivity index (χ1n) is 27.5. The highest BCUT2D eigenvalue weighted by Crippen LogP contribution is 2.43. The third kappa shape index (κ3) is 50.3. The van der Waals surface area contributed by atoms with Crippen LogP contribution in [0.3, 0.4) is 0 Å². The van der Waals surface area contributed by atoms with Crippen LogP contribution in [0.4, 0.5) is 0 Å². The van der Waals surface area contributed by atoms with Crippen molar-refractivity contribution in [2.45, 2.75) is 302 Å². The molecule has 0 saturated carbocycles. The first-order valence-corrected chi connectivity index (χ1v) is 29.0. The summed E-state index contributed by atoms with van der Waals surface area (Å²) < 4.78 is 32.8. The maximum Gasteiger partial charge on any atom is 0.472 e. The summed E-state index contributed by atoms with van der Waals surface area (Å²) in [5, 5.41) is 0. The van der Waals surface area contributed by atoms with E-state index < -0.39 is 26.5 Å². The van der Waals surface area contributed by atoms with Crippen LogP contribution in [0.1, 0.15) is 296 Å². The second-order valence-electron chi connectivity index (χ2n) is 18.8. The second-order valence-corrected chi connectivity index (χ2v) is 20.3. The monoisotopic (exact) mass is 916 g/mol. The number of unbranched alkanes of at least 4 members (excludes halogenated alkanes) is 40. The molecule has 9 nitrogen and oxygen atoms in total. The van der Waals surface area contributed by atoms with E-state index in [-0.39, 0.29) is 38.6 Å². The van der Waals surface area contributed by atoms with Crippen molar-refractivity contribution in [1.82, 2.24) is 0 Å². The third-order valence-electron chi connectivity index (χ3n) is 12.5. The van der Waals surface area contributed by atoms with Gasteiger partial charge in [0.05, 0.1) is 13.2 Å². The highest BCUT2D eigenvalue weighted by atomic mass is 31.2. The van der Waals surface area contributed by atoms with Crippen molar-refractivity contribution in [3.05, 3.63) is 0 Å². The van der Waals surface area contributed by atoms with E-state index in [0.717, 1.165) is 32.1 Å². The van der Waals surface area contributed by atoms with E-state index in [4.69, 9.17) is 24.3 Å². The zero-order chi connectivity index (χ0) is 46.0. The molecule has 0 aliphatic carbocycles. The molecule has 0 bridgehead atoms. The molecule has 0 aliphatic rings. The van der Waals surface area contributed by atoms with Crippen LogP contribution in [0.15, 0.2) is 0 Å². The summed E-state index contributed by atoms with van der Waals surface area (Å²) in [5.74, 6) is -0.815. The molecule has 0 saturated heterocycles. The van der Waals surface area contributed by atoms with Crippen molar-refractivity contribution in [2.75, 3.05) is 26.4 Å². The lowest BCUT2D eigenvalue weighted by Gasteiger charge is -2.19. The molecule has 0 spiro atoms. The summed E-state index contributed by atoms with van der Waals surface area (Å²) in [7, 11) is -4.37. The standard InChI is InChI=1S/C53H106NO8P/c1-3-5-7-9-11-13-14-15-16-17-18-19-20-21-22-23-24-25-26-27-28-29-30-31-32-33-34-35-36-37-38-40-42-44-46-53(56)62-51(50-61-63(57,58)60-48-47-54)49-59-52(55)45-43-41-39-12-10-8-6-4-2/h51H,3-50,54H2,1-2H3,(H,57,58). The Morgan fingerprint density at radius 1 is 0.413 bits per heavy atom. The Morgan fingerprint density at radius 3 is 0.968 bits per heavy atom. The van der Waals surface area contributed by atoms with Crippen molar-refractivity contribution in [2.24, 2.45) is 5.73 Å². The van der Waals surface area contributed by atoms with E-state index in [1.807, 2.05) is 0 Å². The molecule has 3 N–H and O–H groups in total. The lowest BCUT2D eigenvalue weighted by Crippen LogP contribution is -2.29. The smallest absolute Gasteiger partial charge is 0.462 e. The topological polar surface area (TPSA) is 134 Å². The Balaban J connectivity index is 3.69. The molecule has 0 rings (SSSR count). The minimum absolute atomic E-state index is 0.0580. The van der Waals surface area contributed by atoms with Gasteiger partial charge in [-0.2, -0.15) is 0 Å². The molecule has 0 aliphatic heterocycles. The van der Waals surface area contributed by atoms with Crippen LogP contribution in [0.25, 0.3) is 0 Å². The predicted octanol–water partition coefficient (Wildman–Crippen LogP) is 16.7. The summed E-state index contributed by atoms with van der Waals surface area (Å²) in [4.78, 5) is 34.8. The van der Waals surface area contributed by atoms with Crippen molar-refractivity contribution < 1.29 is 37.6 Å². The summed E-state index contributed by atoms with van der Waals surface area (Å²) in [6, 6.07) is 0. The number of rotatable bonds is 53. The Hall–Kier alpha value is -0.990. The van der Waals surface area contributed by atoms with E-state index in [1.165, 1.54) is 231 Å². The number of hydrogen-bond acceptors (Lipinski definition) is 8. The van der Waals surface area contributed by atoms with Crippen molar-refractivity contribution in [3.8, 4) is 0 Å². The van der Waals surface area contributed by atoms with Gasteiger partial charge in [0.2, 0.25) is 0 Å². The Morgan fingerprint density at radius 2 is 0.683 bits per heavy atom. The molecular formula is C53H106NO8P. The second kappa shape index (κ2) is 50.4. The van der Waals surface area contributed by atoms with Crippen LogP contribution in [0.2, 0.25) is 0 Å². The fourth-order valence-electron chi connectivity index (χ4n) is 8.40. The van der Waals surface area contributed by atoms with E-state index in [2.05, 4.69) is 13.8 Å². The van der Waals surface area contributed by atoms with Gasteiger partial charge in [-0.25, -0.2) is 4.57 Å². The molecule has 0 aromatic carbocycles. The van der Waals surface area contributed by atoms with Crippen LogP contribution in [0, 0.1) is 0 Å². The van der Waals surface area contributed by atoms with Crippen molar-refractivity contribution >= 4 is 19.8 Å². The number of carbonyl (C=O) groups excluding carboxylic acids is 2. The van der Waals surface area contributed by atoms with Gasteiger partial charge in [-0.1, -0.05) is 271 Å². The Labute approximate surface area is 390 Å². The van der Waals surface area contributed by atoms with Gasteiger partial charge < -0.3 is 20.1 Å². The van der Waals surface area contributed by atoms with Crippen LogP contribution in [0.5, 0.6) is 0 Å². The van der Waals surface area contributed by atoms with E-state index in [0.29, 0.717) is 6.42 Å². The van der Waals surface area contributed by atoms with Gasteiger partial charge in [0.15, 0.2) is 6.10 Å². The quantitative estimate of drug-likeness (QED) is 0.0347. The number of phosphoric ester groups is 1. The number of nitrogens with two attached hydrogens (primary N) is 1. The number of carbonyl (C=O) groups is 2. The number of hydrogen-bond donors (Lipinski definition) is 2. The highest BCUT2D eigenvalue weighted by Gasteiger charge is 2.26. The van der Waals surface area contributed by atoms with Gasteiger partial charge in [-0.05, 0) is 12.8 Å². The Bertz CT molecular complexity index is 1000. The molecule has 2 atom stereocenters. The van der Waals surface area contributed by atoms with Gasteiger partial charge >= 0.3 is 19.8 Å². The summed E-state index contributed by atoms with van der Waals surface area (Å²) in [6.45, 7) is 3.75. The zero-order valence-electron chi connectivity index (χ0n) is 41.8. The molecular weight excluding hydrogens is 810 g/mol. The predicted molar refractivity (Wildman–Crippen MR) is 266 cm³/mol. The van der Waals surface area contributed by atoms with Crippen molar-refractivity contribution in [1.29, 1.82) is 0 Å². The first-order chi connectivity index (χ1) is 30.8. The number of phosphoric acid groups is 1. The normalized spacial score (nSPS) is 13.0. The fraction of sp³-hybridized carbons (Fsp3) is 0.962. The lowest BCUT2D eigenvalue weighted by molar-refractivity contribution is -0.161. The van der Waals surface area contributed by atoms with Crippen LogP contribution < -0.4 is 5.73 Å². The van der Waals surface area contributed by atoms with Gasteiger partial charge in [0.25, 0.3) is 0 Å². The fourth-order valence-corrected chi connectivity index (χ4v) is 9.17. The van der Waals surface area contributed by atoms with Crippen molar-refractivity contribution in [3.63, 3.8) is 0 Å². The molecule has 0 amide bonds. The average molecular weight is 916 g/mol. The molecule has 0 aromatic heterocycles. The van der Waals surface area contributed by atoms with Gasteiger partial charge in [0.1, 0.15) is 6.61 Å². The highest BCUT2D eigenvalue weighted by molar-refractivity contribution is 7.47. The maximum atomic E-state index is 12.6. The molecule has 10 heteroatoms. The van der Waals surface area contributed by atoms with Gasteiger partial charge in [0, 0.05) is 19.4 Å². The zero-order valence-corrected chi connectivity index (χ0v) is 42.7. The number of ether oxygens (including phenoxy) is 2. The summed E-state index contributed by atoms with van der Waals surface area (Å²) in [5.41, 5.74) is 5.35. The SMILES string of the molecule is CCCCCCCCCCCCCCCCCCCCCCCCCCCCCCCCCCCCC(=O)OC(COC(=O)CCCCCCCCCC)COP(=O)(O)OCCN. The minimum Gasteiger partial charge on any atom is -0.462 e. The van der Waals surface area contributed by atoms with E-state index in [9.17, 15) is 19.0 Å². The molecule has 376 valence electrons. The largest absolute Gasteiger partial charge is 0.472 e. The first kappa shape index (κ1) is 62.0. The average Bonchev–Trinajstić information content (AvgIpc) is 3.27. The number of esters is 2. The van der Waals surface area contributed by atoms with E-state index >= 15 is 0 Å². The van der Waals surface area contributed by atoms with Gasteiger partial charge in [-0.15, -0.1) is 0 Å². The maximum absolute atomic E-state index is 12.6. The summed E-state index contributed by atoms with van der Waals surface area (Å²) in [6.07, 6.45) is 54.9. The molecule has 2 unspecified atom stereocenters. The third-order valence-corrected chi connectivity index (χ3v) is 13.5. The summed E-state index contributed by atoms with van der Waals surface area (Å²) >= 11 is 0.